The van der Waals surface area contributed by atoms with Gasteiger partial charge in [0.2, 0.25) is 5.82 Å². The first-order chi connectivity index (χ1) is 15.2. The normalized spacial score (nSPS) is 10.3. The lowest BCUT2D eigenvalue weighted by Crippen LogP contribution is -2.21. The van der Waals surface area contributed by atoms with Crippen LogP contribution in [0, 0.1) is 10.1 Å². The smallest absolute Gasteiger partial charge is 0.373 e. The molecule has 0 atom stereocenters. The Morgan fingerprint density at radius 1 is 1.22 bits per heavy atom. The number of methoxy groups -OCH3 is 1. The molecule has 0 aliphatic heterocycles. The quantitative estimate of drug-likeness (QED) is 0.181. The molecule has 1 heterocycles. The summed E-state index contributed by atoms with van der Waals surface area (Å²) in [5.41, 5.74) is -0.317. The number of hydrogen-bond donors (Lipinski definition) is 1. The Hall–Kier alpha value is -3.61. The maximum Gasteiger partial charge on any atom is 0.373 e. The van der Waals surface area contributed by atoms with Crippen LogP contribution >= 0.6 is 11.8 Å². The fourth-order valence-electron chi connectivity index (χ4n) is 2.47. The van der Waals surface area contributed by atoms with Gasteiger partial charge in [-0.05, 0) is 25.3 Å². The molecular formula is C19H23N5O7S. The monoisotopic (exact) mass is 465 g/mol. The molecule has 0 fully saturated rings. The Kier molecular flexibility index (Phi) is 8.58. The number of nitrogens with zero attached hydrogens (tertiary/aromatic N) is 4. The van der Waals surface area contributed by atoms with Crippen LogP contribution in [0.25, 0.3) is 0 Å². The molecule has 1 amide bonds. The fraction of sp³-hybridized carbons (Fsp3) is 0.368. The summed E-state index contributed by atoms with van der Waals surface area (Å²) in [5, 5.41) is 14.6. The van der Waals surface area contributed by atoms with Crippen molar-refractivity contribution in [3.8, 4) is 17.4 Å². The van der Waals surface area contributed by atoms with Crippen LogP contribution in [0.1, 0.15) is 17.3 Å². The highest BCUT2D eigenvalue weighted by atomic mass is 32.2. The van der Waals surface area contributed by atoms with Crippen molar-refractivity contribution in [2.75, 3.05) is 45.9 Å². The third-order valence-electron chi connectivity index (χ3n) is 3.89. The van der Waals surface area contributed by atoms with Crippen molar-refractivity contribution < 1.29 is 28.7 Å². The number of ether oxygens (including phenoxy) is 3. The predicted molar refractivity (Wildman–Crippen MR) is 117 cm³/mol. The van der Waals surface area contributed by atoms with Gasteiger partial charge in [-0.3, -0.25) is 19.7 Å². The van der Waals surface area contributed by atoms with E-state index in [9.17, 15) is 19.7 Å². The molecule has 0 unspecified atom stereocenters. The lowest BCUT2D eigenvalue weighted by molar-refractivity contribution is -0.385. The number of aromatic nitrogens is 2. The molecular weight excluding hydrogens is 442 g/mol. The zero-order valence-electron chi connectivity index (χ0n) is 18.2. The number of benzene rings is 1. The van der Waals surface area contributed by atoms with E-state index < -0.39 is 16.6 Å². The highest BCUT2D eigenvalue weighted by Gasteiger charge is 2.28. The summed E-state index contributed by atoms with van der Waals surface area (Å²) in [6.07, 6.45) is 1.68. The number of hydrogen-bond acceptors (Lipinski definition) is 11. The van der Waals surface area contributed by atoms with E-state index in [1.165, 1.54) is 30.2 Å². The first-order valence-corrected chi connectivity index (χ1v) is 10.5. The largest absolute Gasteiger partial charge is 0.497 e. The minimum absolute atomic E-state index is 0.0970. The fourth-order valence-corrected chi connectivity index (χ4v) is 2.83. The van der Waals surface area contributed by atoms with Gasteiger partial charge in [0.25, 0.3) is 5.91 Å². The van der Waals surface area contributed by atoms with Gasteiger partial charge in [0.05, 0.1) is 18.6 Å². The lowest BCUT2D eigenvalue weighted by Gasteiger charge is -2.14. The molecule has 0 aliphatic rings. The Morgan fingerprint density at radius 3 is 2.47 bits per heavy atom. The molecule has 13 heteroatoms. The van der Waals surface area contributed by atoms with Crippen molar-refractivity contribution in [1.29, 1.82) is 0 Å². The van der Waals surface area contributed by atoms with Crippen LogP contribution in [-0.2, 0) is 9.53 Å². The summed E-state index contributed by atoms with van der Waals surface area (Å²) in [7, 11) is 4.59. The van der Waals surface area contributed by atoms with Gasteiger partial charge < -0.3 is 24.4 Å². The van der Waals surface area contributed by atoms with Crippen molar-refractivity contribution in [1.82, 2.24) is 14.9 Å². The predicted octanol–water partition coefficient (Wildman–Crippen LogP) is 2.58. The molecule has 0 spiro atoms. The number of rotatable bonds is 10. The number of thioether (sulfide) groups is 1. The Balaban J connectivity index is 2.51. The second kappa shape index (κ2) is 11.1. The van der Waals surface area contributed by atoms with E-state index in [1.54, 1.807) is 27.3 Å². The average molecular weight is 465 g/mol. The van der Waals surface area contributed by atoms with Crippen LogP contribution in [0.15, 0.2) is 23.4 Å². The summed E-state index contributed by atoms with van der Waals surface area (Å²) >= 11 is 1.13. The van der Waals surface area contributed by atoms with Crippen molar-refractivity contribution in [3.63, 3.8) is 0 Å². The maximum atomic E-state index is 12.4. The number of carbonyl (C=O) groups excluding carboxylic acids is 2. The lowest BCUT2D eigenvalue weighted by atomic mass is 10.2. The molecule has 1 aromatic heterocycles. The zero-order chi connectivity index (χ0) is 23.8. The summed E-state index contributed by atoms with van der Waals surface area (Å²) in [5.74, 6) is -1.07. The van der Waals surface area contributed by atoms with E-state index in [1.807, 2.05) is 0 Å². The Bertz CT molecular complexity index is 1020. The maximum absolute atomic E-state index is 12.4. The second-order valence-corrected chi connectivity index (χ2v) is 7.10. The third-order valence-corrected chi connectivity index (χ3v) is 4.43. The Morgan fingerprint density at radius 2 is 1.91 bits per heavy atom. The molecule has 32 heavy (non-hydrogen) atoms. The van der Waals surface area contributed by atoms with E-state index in [2.05, 4.69) is 15.3 Å². The van der Waals surface area contributed by atoms with Gasteiger partial charge in [-0.15, -0.1) is 0 Å². The first-order valence-electron chi connectivity index (χ1n) is 9.28. The van der Waals surface area contributed by atoms with E-state index >= 15 is 0 Å². The molecule has 0 bridgehead atoms. The molecule has 1 aromatic carbocycles. The summed E-state index contributed by atoms with van der Waals surface area (Å²) in [6.45, 7) is 1.48. The summed E-state index contributed by atoms with van der Waals surface area (Å²) in [6, 6.07) is 4.40. The first kappa shape index (κ1) is 24.7. The van der Waals surface area contributed by atoms with Crippen LogP contribution in [-0.4, -0.2) is 72.3 Å². The minimum Gasteiger partial charge on any atom is -0.497 e. The van der Waals surface area contributed by atoms with Crippen LogP contribution in [0.4, 0.5) is 11.5 Å². The van der Waals surface area contributed by atoms with Crippen molar-refractivity contribution in [3.05, 3.63) is 33.9 Å². The molecule has 2 aromatic rings. The molecule has 0 saturated carbocycles. The zero-order valence-corrected chi connectivity index (χ0v) is 19.0. The molecule has 0 aliphatic carbocycles. The SMILES string of the molecule is CCOC(=O)CNc1nc(SC)nc(Oc2cc(OC)cc(C(=O)N(C)C)c2)c1[N+](=O)[O-]. The third kappa shape index (κ3) is 6.20. The molecule has 172 valence electrons. The number of esters is 1. The van der Waals surface area contributed by atoms with E-state index in [-0.39, 0.29) is 47.2 Å². The van der Waals surface area contributed by atoms with Gasteiger partial charge in [0.1, 0.15) is 18.0 Å². The molecule has 1 N–H and O–H groups in total. The van der Waals surface area contributed by atoms with Crippen molar-refractivity contribution >= 4 is 35.1 Å². The molecule has 0 saturated heterocycles. The number of anilines is 1. The summed E-state index contributed by atoms with van der Waals surface area (Å²) < 4.78 is 15.7. The number of carbonyl (C=O) groups is 2. The minimum atomic E-state index is -0.723. The molecule has 2 rings (SSSR count). The van der Waals surface area contributed by atoms with E-state index in [0.29, 0.717) is 5.75 Å². The van der Waals surface area contributed by atoms with Gasteiger partial charge in [-0.1, -0.05) is 11.8 Å². The van der Waals surface area contributed by atoms with Gasteiger partial charge in [0.15, 0.2) is 5.16 Å². The summed E-state index contributed by atoms with van der Waals surface area (Å²) in [4.78, 5) is 44.6. The van der Waals surface area contributed by atoms with E-state index in [4.69, 9.17) is 14.2 Å². The number of amides is 1. The number of nitro groups is 1. The number of nitrogens with one attached hydrogen (secondary N) is 1. The average Bonchev–Trinajstić information content (AvgIpc) is 2.76. The highest BCUT2D eigenvalue weighted by molar-refractivity contribution is 7.98. The standard InChI is InChI=1S/C19H23N5O7S/c1-6-30-14(25)10-20-16-15(24(27)28)17(22-19(21-16)32-5)31-13-8-11(18(26)23(2)3)7-12(9-13)29-4/h7-9H,6,10H2,1-5H3,(H,20,21,22). The van der Waals surface area contributed by atoms with Crippen LogP contribution in [0.5, 0.6) is 17.4 Å². The van der Waals surface area contributed by atoms with Gasteiger partial charge in [-0.2, -0.15) is 9.97 Å². The van der Waals surface area contributed by atoms with Gasteiger partial charge in [-0.25, -0.2) is 0 Å². The Labute approximate surface area is 188 Å². The molecule has 0 radical (unpaired) electrons. The van der Waals surface area contributed by atoms with Crippen molar-refractivity contribution in [2.24, 2.45) is 0 Å². The van der Waals surface area contributed by atoms with E-state index in [0.717, 1.165) is 11.8 Å². The topological polar surface area (TPSA) is 146 Å². The van der Waals surface area contributed by atoms with Crippen LogP contribution in [0.3, 0.4) is 0 Å². The van der Waals surface area contributed by atoms with Crippen LogP contribution in [0.2, 0.25) is 0 Å². The second-order valence-electron chi connectivity index (χ2n) is 6.33. The highest BCUT2D eigenvalue weighted by Crippen LogP contribution is 2.37. The van der Waals surface area contributed by atoms with Crippen LogP contribution < -0.4 is 14.8 Å². The van der Waals surface area contributed by atoms with Crippen molar-refractivity contribution in [2.45, 2.75) is 12.1 Å². The van der Waals surface area contributed by atoms with Gasteiger partial charge >= 0.3 is 17.5 Å². The van der Waals surface area contributed by atoms with Gasteiger partial charge in [0, 0.05) is 25.7 Å². The molecule has 12 nitrogen and oxygen atoms in total.